The summed E-state index contributed by atoms with van der Waals surface area (Å²) >= 11 is 0. The van der Waals surface area contributed by atoms with Gasteiger partial charge >= 0.3 is 12.1 Å². The Kier molecular flexibility index (Phi) is 5.83. The summed E-state index contributed by atoms with van der Waals surface area (Å²) in [5.74, 6) is -0.864. The van der Waals surface area contributed by atoms with Gasteiger partial charge in [0.25, 0.3) is 0 Å². The predicted octanol–water partition coefficient (Wildman–Crippen LogP) is 0.268. The summed E-state index contributed by atoms with van der Waals surface area (Å²) < 4.78 is 39.9. The molecule has 106 valence electrons. The van der Waals surface area contributed by atoms with Crippen LogP contribution in [0, 0.1) is 0 Å². The molecule has 1 aliphatic rings. The van der Waals surface area contributed by atoms with Crippen molar-refractivity contribution >= 4 is 5.97 Å². The third-order valence-corrected chi connectivity index (χ3v) is 2.64. The molecule has 0 aromatic heterocycles. The number of alkyl halides is 3. The number of carbonyl (C=O) groups is 1. The van der Waals surface area contributed by atoms with Gasteiger partial charge in [0.15, 0.2) is 0 Å². The van der Waals surface area contributed by atoms with Crippen LogP contribution in [0.5, 0.6) is 0 Å². The van der Waals surface area contributed by atoms with Gasteiger partial charge in [0.2, 0.25) is 0 Å². The van der Waals surface area contributed by atoms with E-state index in [1.807, 2.05) is 4.90 Å². The Balaban J connectivity index is 2.07. The van der Waals surface area contributed by atoms with Gasteiger partial charge in [0.1, 0.15) is 6.61 Å². The second-order valence-electron chi connectivity index (χ2n) is 4.18. The summed E-state index contributed by atoms with van der Waals surface area (Å²) in [6.07, 6.45) is -4.28. The van der Waals surface area contributed by atoms with E-state index >= 15 is 0 Å². The van der Waals surface area contributed by atoms with Crippen molar-refractivity contribution in [1.29, 1.82) is 0 Å². The Morgan fingerprint density at radius 3 is 2.22 bits per heavy atom. The standard InChI is InChI=1S/C10H17F3N2O3/c11-10(12,13)8-18-6-5-14-1-3-15(4-2-14)7-9(16)17/h1-8H2,(H,16,17). The Morgan fingerprint density at radius 2 is 1.72 bits per heavy atom. The van der Waals surface area contributed by atoms with Crippen molar-refractivity contribution in [2.24, 2.45) is 0 Å². The lowest BCUT2D eigenvalue weighted by Gasteiger charge is -2.33. The van der Waals surface area contributed by atoms with Crippen molar-refractivity contribution in [3.63, 3.8) is 0 Å². The third-order valence-electron chi connectivity index (χ3n) is 2.64. The summed E-state index contributed by atoms with van der Waals surface area (Å²) in [5.41, 5.74) is 0. The van der Waals surface area contributed by atoms with Crippen molar-refractivity contribution in [3.8, 4) is 0 Å². The van der Waals surface area contributed by atoms with Crippen LogP contribution in [0.15, 0.2) is 0 Å². The summed E-state index contributed by atoms with van der Waals surface area (Å²) in [6, 6.07) is 0. The van der Waals surface area contributed by atoms with E-state index in [0.29, 0.717) is 32.7 Å². The molecule has 0 bridgehead atoms. The van der Waals surface area contributed by atoms with Crippen molar-refractivity contribution < 1.29 is 27.8 Å². The van der Waals surface area contributed by atoms with Gasteiger partial charge in [0.05, 0.1) is 13.2 Å². The monoisotopic (exact) mass is 270 g/mol. The summed E-state index contributed by atoms with van der Waals surface area (Å²) in [5, 5.41) is 8.60. The van der Waals surface area contributed by atoms with Gasteiger partial charge in [-0.15, -0.1) is 0 Å². The van der Waals surface area contributed by atoms with Crippen LogP contribution in [-0.2, 0) is 9.53 Å². The minimum atomic E-state index is -4.28. The average Bonchev–Trinajstić information content (AvgIpc) is 2.24. The minimum absolute atomic E-state index is 0.0123. The molecule has 0 unspecified atom stereocenters. The Bertz CT molecular complexity index is 266. The van der Waals surface area contributed by atoms with E-state index in [4.69, 9.17) is 5.11 Å². The van der Waals surface area contributed by atoms with Gasteiger partial charge in [-0.3, -0.25) is 14.6 Å². The molecule has 0 atom stereocenters. The second kappa shape index (κ2) is 6.91. The molecule has 1 aliphatic heterocycles. The molecule has 0 spiro atoms. The topological polar surface area (TPSA) is 53.0 Å². The molecule has 0 saturated carbocycles. The lowest BCUT2D eigenvalue weighted by Crippen LogP contribution is -2.48. The normalized spacial score (nSPS) is 19.1. The molecule has 1 fully saturated rings. The van der Waals surface area contributed by atoms with Gasteiger partial charge in [-0.2, -0.15) is 13.2 Å². The van der Waals surface area contributed by atoms with Crippen LogP contribution in [0.2, 0.25) is 0 Å². The predicted molar refractivity (Wildman–Crippen MR) is 57.4 cm³/mol. The Hall–Kier alpha value is -0.860. The van der Waals surface area contributed by atoms with Crippen molar-refractivity contribution in [2.75, 3.05) is 52.5 Å². The number of hydrogen-bond donors (Lipinski definition) is 1. The molecule has 1 rings (SSSR count). The van der Waals surface area contributed by atoms with Gasteiger partial charge in [0, 0.05) is 32.7 Å². The SMILES string of the molecule is O=C(O)CN1CCN(CCOCC(F)(F)F)CC1. The quantitative estimate of drug-likeness (QED) is 0.702. The van der Waals surface area contributed by atoms with Gasteiger partial charge < -0.3 is 9.84 Å². The van der Waals surface area contributed by atoms with E-state index in [1.54, 1.807) is 4.90 Å². The molecular formula is C10H17F3N2O3. The van der Waals surface area contributed by atoms with Gasteiger partial charge in [-0.25, -0.2) is 0 Å². The molecule has 1 saturated heterocycles. The fourth-order valence-electron chi connectivity index (χ4n) is 1.74. The summed E-state index contributed by atoms with van der Waals surface area (Å²) in [6.45, 7) is 1.82. The first-order chi connectivity index (χ1) is 8.37. The molecule has 5 nitrogen and oxygen atoms in total. The zero-order valence-electron chi connectivity index (χ0n) is 9.95. The number of ether oxygens (including phenoxy) is 1. The molecule has 0 aromatic carbocycles. The minimum Gasteiger partial charge on any atom is -0.480 e. The van der Waals surface area contributed by atoms with Crippen LogP contribution < -0.4 is 0 Å². The van der Waals surface area contributed by atoms with E-state index in [9.17, 15) is 18.0 Å². The van der Waals surface area contributed by atoms with Crippen LogP contribution in [0.4, 0.5) is 13.2 Å². The highest BCUT2D eigenvalue weighted by Gasteiger charge is 2.27. The van der Waals surface area contributed by atoms with E-state index < -0.39 is 18.8 Å². The summed E-state index contributed by atoms with van der Waals surface area (Å²) in [4.78, 5) is 14.2. The number of halogens is 3. The molecule has 18 heavy (non-hydrogen) atoms. The zero-order valence-corrected chi connectivity index (χ0v) is 9.95. The van der Waals surface area contributed by atoms with Crippen LogP contribution in [0.25, 0.3) is 0 Å². The second-order valence-corrected chi connectivity index (χ2v) is 4.18. The van der Waals surface area contributed by atoms with E-state index in [2.05, 4.69) is 4.74 Å². The Morgan fingerprint density at radius 1 is 1.17 bits per heavy atom. The van der Waals surface area contributed by atoms with Gasteiger partial charge in [-0.1, -0.05) is 0 Å². The molecule has 0 aliphatic carbocycles. The van der Waals surface area contributed by atoms with Crippen LogP contribution in [0.3, 0.4) is 0 Å². The maximum Gasteiger partial charge on any atom is 0.411 e. The Labute approximate surface area is 103 Å². The number of piperazine rings is 1. The number of carboxylic acids is 1. The molecule has 0 aromatic rings. The number of nitrogens with zero attached hydrogens (tertiary/aromatic N) is 2. The third kappa shape index (κ3) is 6.77. The molecular weight excluding hydrogens is 253 g/mol. The van der Waals surface area contributed by atoms with E-state index in [-0.39, 0.29) is 13.2 Å². The molecule has 0 amide bonds. The maximum absolute atomic E-state index is 11.8. The first kappa shape index (κ1) is 15.2. The number of hydrogen-bond acceptors (Lipinski definition) is 4. The number of rotatable bonds is 6. The maximum atomic E-state index is 11.8. The van der Waals surface area contributed by atoms with E-state index in [0.717, 1.165) is 0 Å². The number of carboxylic acid groups (broad SMARTS) is 1. The highest BCUT2D eigenvalue weighted by molar-refractivity contribution is 5.69. The highest BCUT2D eigenvalue weighted by atomic mass is 19.4. The van der Waals surface area contributed by atoms with Crippen molar-refractivity contribution in [1.82, 2.24) is 9.80 Å². The molecule has 8 heteroatoms. The molecule has 1 N–H and O–H groups in total. The zero-order chi connectivity index (χ0) is 13.6. The largest absolute Gasteiger partial charge is 0.480 e. The lowest BCUT2D eigenvalue weighted by molar-refractivity contribution is -0.174. The smallest absolute Gasteiger partial charge is 0.411 e. The van der Waals surface area contributed by atoms with Crippen LogP contribution in [-0.4, -0.2) is 79.5 Å². The summed E-state index contributed by atoms with van der Waals surface area (Å²) in [7, 11) is 0. The van der Waals surface area contributed by atoms with Gasteiger partial charge in [-0.05, 0) is 0 Å². The van der Waals surface area contributed by atoms with Crippen molar-refractivity contribution in [2.45, 2.75) is 6.18 Å². The fraction of sp³-hybridized carbons (Fsp3) is 0.900. The number of aliphatic carboxylic acids is 1. The van der Waals surface area contributed by atoms with E-state index in [1.165, 1.54) is 0 Å². The molecule has 1 heterocycles. The average molecular weight is 270 g/mol. The van der Waals surface area contributed by atoms with Crippen molar-refractivity contribution in [3.05, 3.63) is 0 Å². The lowest BCUT2D eigenvalue weighted by atomic mass is 10.3. The first-order valence-electron chi connectivity index (χ1n) is 5.68. The first-order valence-corrected chi connectivity index (χ1v) is 5.68. The molecule has 0 radical (unpaired) electrons. The van der Waals surface area contributed by atoms with Crippen LogP contribution in [0.1, 0.15) is 0 Å². The van der Waals surface area contributed by atoms with Crippen LogP contribution >= 0.6 is 0 Å². The fourth-order valence-corrected chi connectivity index (χ4v) is 1.74. The highest BCUT2D eigenvalue weighted by Crippen LogP contribution is 2.14.